The number of likely N-dealkylation sites (N-methyl/N-ethyl adjacent to an activating group) is 1. The zero-order valence-corrected chi connectivity index (χ0v) is 13.1. The number of nitrogens with one attached hydrogen (secondary N) is 1. The van der Waals surface area contributed by atoms with Gasteiger partial charge in [0.2, 0.25) is 5.91 Å². The number of carbonyl (C=O) groups excluding carboxylic acids is 2. The summed E-state index contributed by atoms with van der Waals surface area (Å²) in [6.07, 6.45) is 0.873. The lowest BCUT2D eigenvalue weighted by Crippen LogP contribution is -2.46. The molecule has 8 nitrogen and oxygen atoms in total. The van der Waals surface area contributed by atoms with Crippen molar-refractivity contribution < 1.29 is 19.5 Å². The quantitative estimate of drug-likeness (QED) is 0.794. The van der Waals surface area contributed by atoms with Gasteiger partial charge >= 0.3 is 12.0 Å². The van der Waals surface area contributed by atoms with E-state index in [0.717, 1.165) is 6.42 Å². The van der Waals surface area contributed by atoms with Crippen LogP contribution < -0.4 is 10.2 Å². The summed E-state index contributed by atoms with van der Waals surface area (Å²) in [5.74, 6) is -1.13. The minimum atomic E-state index is -0.938. The largest absolute Gasteiger partial charge is 0.481 e. The maximum Gasteiger partial charge on any atom is 0.323 e. The van der Waals surface area contributed by atoms with Crippen LogP contribution in [0.4, 0.5) is 9.93 Å². The van der Waals surface area contributed by atoms with Crippen LogP contribution in [0.3, 0.4) is 0 Å². The van der Waals surface area contributed by atoms with Crippen LogP contribution in [0.15, 0.2) is 5.38 Å². The number of hydrogen-bond acceptors (Lipinski definition) is 5. The second-order valence-electron chi connectivity index (χ2n) is 4.99. The predicted octanol–water partition coefficient (Wildman–Crippen LogP) is 0.538. The van der Waals surface area contributed by atoms with Gasteiger partial charge in [-0.15, -0.1) is 11.3 Å². The van der Waals surface area contributed by atoms with Gasteiger partial charge in [-0.25, -0.2) is 9.78 Å². The van der Waals surface area contributed by atoms with Crippen LogP contribution >= 0.6 is 11.3 Å². The van der Waals surface area contributed by atoms with Crippen molar-refractivity contribution in [3.63, 3.8) is 0 Å². The molecule has 2 heterocycles. The summed E-state index contributed by atoms with van der Waals surface area (Å²) in [5, 5.41) is 13.7. The number of carboxylic acid groups (broad SMARTS) is 1. The Kier molecular flexibility index (Phi) is 5.31. The number of aromatic nitrogens is 1. The molecule has 0 aromatic carbocycles. The molecule has 0 atom stereocenters. The molecule has 1 fully saturated rings. The third-order valence-electron chi connectivity index (χ3n) is 3.27. The number of carboxylic acids is 1. The molecule has 0 bridgehead atoms. The monoisotopic (exact) mass is 326 g/mol. The molecule has 0 saturated carbocycles. The highest BCUT2D eigenvalue weighted by Gasteiger charge is 2.22. The number of anilines is 1. The summed E-state index contributed by atoms with van der Waals surface area (Å²) in [7, 11) is 1.57. The summed E-state index contributed by atoms with van der Waals surface area (Å²) >= 11 is 1.32. The molecule has 2 rings (SSSR count). The van der Waals surface area contributed by atoms with Gasteiger partial charge in [-0.3, -0.25) is 14.5 Å². The lowest BCUT2D eigenvalue weighted by molar-refractivity contribution is -0.138. The van der Waals surface area contributed by atoms with Crippen LogP contribution in [-0.2, 0) is 16.0 Å². The minimum absolute atomic E-state index is 0.0848. The lowest BCUT2D eigenvalue weighted by Gasteiger charge is -2.24. The maximum absolute atomic E-state index is 12.0. The van der Waals surface area contributed by atoms with Crippen LogP contribution in [-0.4, -0.2) is 59.6 Å². The van der Waals surface area contributed by atoms with E-state index in [9.17, 15) is 14.4 Å². The van der Waals surface area contributed by atoms with E-state index in [1.54, 1.807) is 17.3 Å². The van der Waals surface area contributed by atoms with Gasteiger partial charge in [0.05, 0.1) is 18.5 Å². The zero-order chi connectivity index (χ0) is 16.1. The molecule has 2 N–H and O–H groups in total. The van der Waals surface area contributed by atoms with E-state index < -0.39 is 5.97 Å². The molecule has 3 amide bonds. The average Bonchev–Trinajstić information content (AvgIpc) is 2.93. The fraction of sp³-hybridized carbons (Fsp3) is 0.538. The van der Waals surface area contributed by atoms with Crippen molar-refractivity contribution in [2.45, 2.75) is 19.3 Å². The Hall–Kier alpha value is -2.16. The number of urea groups is 1. The van der Waals surface area contributed by atoms with Crippen LogP contribution in [0.2, 0.25) is 0 Å². The summed E-state index contributed by atoms with van der Waals surface area (Å²) in [6.45, 7) is 1.45. The number of hydrogen-bond donors (Lipinski definition) is 2. The number of nitrogens with zero attached hydrogens (tertiary/aromatic N) is 3. The first-order chi connectivity index (χ1) is 10.5. The lowest BCUT2D eigenvalue weighted by atomic mass is 10.3. The van der Waals surface area contributed by atoms with Gasteiger partial charge in [0, 0.05) is 32.1 Å². The number of aliphatic carboxylic acids is 1. The normalized spacial score (nSPS) is 14.6. The van der Waals surface area contributed by atoms with Crippen molar-refractivity contribution >= 4 is 34.4 Å². The standard InChI is InChI=1S/C13H18N4O4S/c1-16(6-3-11(19)20)10(18)7-9-8-22-13(15-9)17-5-2-4-14-12(17)21/h8H,2-7H2,1H3,(H,14,21)(H,19,20). The molecular weight excluding hydrogens is 308 g/mol. The Morgan fingerprint density at radius 3 is 3.00 bits per heavy atom. The SMILES string of the molecule is CN(CCC(=O)O)C(=O)Cc1csc(N2CCCNC2=O)n1. The fourth-order valence-corrected chi connectivity index (χ4v) is 2.84. The molecular formula is C13H18N4O4S. The molecule has 1 aromatic rings. The molecule has 0 unspecified atom stereocenters. The van der Waals surface area contributed by atoms with Crippen molar-refractivity contribution in [3.8, 4) is 0 Å². The average molecular weight is 326 g/mol. The molecule has 1 aliphatic rings. The van der Waals surface area contributed by atoms with Crippen LogP contribution in [0.5, 0.6) is 0 Å². The second-order valence-corrected chi connectivity index (χ2v) is 5.83. The molecule has 0 aliphatic carbocycles. The summed E-state index contributed by atoms with van der Waals surface area (Å²) in [6, 6.07) is -0.169. The number of rotatable bonds is 6. The number of amides is 3. The van der Waals surface area contributed by atoms with Gasteiger partial charge in [0.15, 0.2) is 5.13 Å². The van der Waals surface area contributed by atoms with Gasteiger partial charge < -0.3 is 15.3 Å². The van der Waals surface area contributed by atoms with Crippen molar-refractivity contribution in [3.05, 3.63) is 11.1 Å². The van der Waals surface area contributed by atoms with E-state index >= 15 is 0 Å². The maximum atomic E-state index is 12.0. The zero-order valence-electron chi connectivity index (χ0n) is 12.2. The Bertz CT molecular complexity index is 574. The highest BCUT2D eigenvalue weighted by molar-refractivity contribution is 7.14. The third kappa shape index (κ3) is 4.17. The van der Waals surface area contributed by atoms with Crippen molar-refractivity contribution in [1.29, 1.82) is 0 Å². The van der Waals surface area contributed by atoms with Crippen molar-refractivity contribution in [2.75, 3.05) is 31.6 Å². The first-order valence-corrected chi connectivity index (χ1v) is 7.81. The summed E-state index contributed by atoms with van der Waals surface area (Å²) in [5.41, 5.74) is 0.588. The van der Waals surface area contributed by atoms with Gasteiger partial charge in [-0.2, -0.15) is 0 Å². The van der Waals surface area contributed by atoms with Crippen molar-refractivity contribution in [2.24, 2.45) is 0 Å². The van der Waals surface area contributed by atoms with Gasteiger partial charge in [-0.1, -0.05) is 0 Å². The molecule has 22 heavy (non-hydrogen) atoms. The highest BCUT2D eigenvalue weighted by atomic mass is 32.1. The molecule has 1 aliphatic heterocycles. The second kappa shape index (κ2) is 7.21. The van der Waals surface area contributed by atoms with E-state index in [2.05, 4.69) is 10.3 Å². The predicted molar refractivity (Wildman–Crippen MR) is 81.1 cm³/mol. The van der Waals surface area contributed by atoms with Gasteiger partial charge in [0.25, 0.3) is 0 Å². The Morgan fingerprint density at radius 2 is 2.32 bits per heavy atom. The van der Waals surface area contributed by atoms with E-state index in [4.69, 9.17) is 5.11 Å². The van der Waals surface area contributed by atoms with Crippen LogP contribution in [0.1, 0.15) is 18.5 Å². The Labute approximate surface area is 131 Å². The van der Waals surface area contributed by atoms with E-state index in [0.29, 0.717) is 23.9 Å². The Morgan fingerprint density at radius 1 is 1.55 bits per heavy atom. The Balaban J connectivity index is 1.92. The molecule has 1 aromatic heterocycles. The number of carbonyl (C=O) groups is 3. The molecule has 120 valence electrons. The summed E-state index contributed by atoms with van der Waals surface area (Å²) in [4.78, 5) is 41.5. The van der Waals surface area contributed by atoms with Gasteiger partial charge in [-0.05, 0) is 6.42 Å². The molecule has 9 heteroatoms. The first-order valence-electron chi connectivity index (χ1n) is 6.93. The van der Waals surface area contributed by atoms with Crippen LogP contribution in [0, 0.1) is 0 Å². The minimum Gasteiger partial charge on any atom is -0.481 e. The van der Waals surface area contributed by atoms with E-state index in [1.807, 2.05) is 0 Å². The third-order valence-corrected chi connectivity index (χ3v) is 4.18. The molecule has 0 spiro atoms. The van der Waals surface area contributed by atoms with Gasteiger partial charge in [0.1, 0.15) is 0 Å². The summed E-state index contributed by atoms with van der Waals surface area (Å²) < 4.78 is 0. The fourth-order valence-electron chi connectivity index (χ4n) is 1.99. The molecule has 0 radical (unpaired) electrons. The van der Waals surface area contributed by atoms with E-state index in [-0.39, 0.29) is 31.3 Å². The highest BCUT2D eigenvalue weighted by Crippen LogP contribution is 2.22. The molecule has 1 saturated heterocycles. The topological polar surface area (TPSA) is 103 Å². The van der Waals surface area contributed by atoms with E-state index in [1.165, 1.54) is 16.2 Å². The first kappa shape index (κ1) is 16.2. The number of thiazole rings is 1. The van der Waals surface area contributed by atoms with Crippen molar-refractivity contribution in [1.82, 2.24) is 15.2 Å². The van der Waals surface area contributed by atoms with Crippen LogP contribution in [0.25, 0.3) is 0 Å². The smallest absolute Gasteiger partial charge is 0.323 e.